The highest BCUT2D eigenvalue weighted by molar-refractivity contribution is 5.78. The summed E-state index contributed by atoms with van der Waals surface area (Å²) < 4.78 is 5.91. The average Bonchev–Trinajstić information content (AvgIpc) is 3.08. The number of morpholine rings is 1. The number of amides is 1. The predicted octanol–water partition coefficient (Wildman–Crippen LogP) is 1.09. The highest BCUT2D eigenvalue weighted by Gasteiger charge is 2.38. The third kappa shape index (κ3) is 3.83. The zero-order chi connectivity index (χ0) is 17.0. The van der Waals surface area contributed by atoms with Gasteiger partial charge in [-0.3, -0.25) is 4.79 Å². The van der Waals surface area contributed by atoms with Crippen LogP contribution in [-0.2, 0) is 22.4 Å². The van der Waals surface area contributed by atoms with Crippen molar-refractivity contribution in [1.82, 2.24) is 14.9 Å². The molecule has 24 heavy (non-hydrogen) atoms. The van der Waals surface area contributed by atoms with E-state index >= 15 is 0 Å². The van der Waals surface area contributed by atoms with E-state index in [1.807, 2.05) is 25.1 Å². The summed E-state index contributed by atoms with van der Waals surface area (Å²) in [6.07, 6.45) is 4.09. The summed E-state index contributed by atoms with van der Waals surface area (Å²) >= 11 is 0. The van der Waals surface area contributed by atoms with E-state index in [1.54, 1.807) is 17.4 Å². The molecule has 2 aromatic rings. The molecular weight excluding hydrogens is 306 g/mol. The molecule has 0 aliphatic carbocycles. The Morgan fingerprint density at radius 3 is 3.08 bits per heavy atom. The summed E-state index contributed by atoms with van der Waals surface area (Å²) in [6.45, 7) is 3.29. The van der Waals surface area contributed by atoms with Crippen LogP contribution in [0.3, 0.4) is 0 Å². The largest absolute Gasteiger partial charge is 0.393 e. The van der Waals surface area contributed by atoms with Gasteiger partial charge in [0.1, 0.15) is 5.60 Å². The smallest absolute Gasteiger partial charge is 0.228 e. The third-order valence-corrected chi connectivity index (χ3v) is 4.39. The number of aliphatic hydroxyl groups excluding tert-OH is 1. The lowest BCUT2D eigenvalue weighted by Crippen LogP contribution is -2.57. The van der Waals surface area contributed by atoms with E-state index in [9.17, 15) is 9.90 Å². The van der Waals surface area contributed by atoms with Gasteiger partial charge in [-0.25, -0.2) is 4.98 Å². The van der Waals surface area contributed by atoms with Crippen LogP contribution in [0.4, 0.5) is 0 Å². The first-order chi connectivity index (χ1) is 11.6. The summed E-state index contributed by atoms with van der Waals surface area (Å²) in [6, 6.07) is 8.15. The van der Waals surface area contributed by atoms with Crippen molar-refractivity contribution >= 4 is 5.91 Å². The Kier molecular flexibility index (Phi) is 4.97. The lowest BCUT2D eigenvalue weighted by Gasteiger charge is -2.42. The molecule has 1 aromatic carbocycles. The second-order valence-corrected chi connectivity index (χ2v) is 6.42. The molecule has 1 saturated heterocycles. The second-order valence-electron chi connectivity index (χ2n) is 6.42. The van der Waals surface area contributed by atoms with Gasteiger partial charge in [-0.2, -0.15) is 0 Å². The van der Waals surface area contributed by atoms with Gasteiger partial charge >= 0.3 is 0 Å². The first-order valence-corrected chi connectivity index (χ1v) is 8.16. The monoisotopic (exact) mass is 329 g/mol. The number of hydrogen-bond acceptors (Lipinski definition) is 4. The fourth-order valence-electron chi connectivity index (χ4n) is 3.17. The van der Waals surface area contributed by atoms with Crippen molar-refractivity contribution in [3.8, 4) is 0 Å². The number of rotatable bonds is 5. The average molecular weight is 329 g/mol. The number of hydrogen-bond donors (Lipinski definition) is 2. The van der Waals surface area contributed by atoms with E-state index in [4.69, 9.17) is 4.74 Å². The molecule has 1 aliphatic heterocycles. The molecule has 0 unspecified atom stereocenters. The van der Waals surface area contributed by atoms with E-state index in [0.29, 0.717) is 26.1 Å². The normalized spacial score (nSPS) is 21.0. The number of carbonyl (C=O) groups excluding carboxylic acids is 1. The van der Waals surface area contributed by atoms with Crippen LogP contribution in [0.2, 0.25) is 0 Å². The topological polar surface area (TPSA) is 78.5 Å². The van der Waals surface area contributed by atoms with Gasteiger partial charge in [-0.05, 0) is 12.5 Å². The molecule has 1 amide bonds. The van der Waals surface area contributed by atoms with E-state index in [2.05, 4.69) is 16.0 Å². The SMILES string of the molecule is Cc1cccc(C[C@@]2(CO)CN(C(=O)Cc3cnc[nH]3)CCO2)c1. The molecule has 6 heteroatoms. The maximum atomic E-state index is 12.5. The Bertz CT molecular complexity index is 687. The Morgan fingerprint density at radius 2 is 2.38 bits per heavy atom. The van der Waals surface area contributed by atoms with Crippen LogP contribution in [-0.4, -0.2) is 57.8 Å². The van der Waals surface area contributed by atoms with Gasteiger partial charge < -0.3 is 19.7 Å². The van der Waals surface area contributed by atoms with Crippen LogP contribution in [0.5, 0.6) is 0 Å². The summed E-state index contributed by atoms with van der Waals surface area (Å²) in [5.74, 6) is 0.0182. The molecule has 1 atom stereocenters. The molecule has 1 aliphatic rings. The van der Waals surface area contributed by atoms with Crippen LogP contribution in [0.25, 0.3) is 0 Å². The molecule has 2 heterocycles. The molecule has 0 bridgehead atoms. The minimum atomic E-state index is -0.740. The van der Waals surface area contributed by atoms with E-state index in [-0.39, 0.29) is 18.9 Å². The minimum Gasteiger partial charge on any atom is -0.393 e. The third-order valence-electron chi connectivity index (χ3n) is 4.39. The van der Waals surface area contributed by atoms with Gasteiger partial charge in [0.15, 0.2) is 0 Å². The molecule has 3 rings (SSSR count). The van der Waals surface area contributed by atoms with Gasteiger partial charge in [0.05, 0.1) is 32.5 Å². The van der Waals surface area contributed by atoms with Gasteiger partial charge in [0, 0.05) is 24.9 Å². The molecule has 0 spiro atoms. The predicted molar refractivity (Wildman–Crippen MR) is 89.5 cm³/mol. The van der Waals surface area contributed by atoms with Crippen LogP contribution < -0.4 is 0 Å². The van der Waals surface area contributed by atoms with E-state index < -0.39 is 5.60 Å². The minimum absolute atomic E-state index is 0.0182. The summed E-state index contributed by atoms with van der Waals surface area (Å²) in [5.41, 5.74) is 2.32. The first kappa shape index (κ1) is 16.7. The Labute approximate surface area is 141 Å². The lowest BCUT2D eigenvalue weighted by molar-refractivity contribution is -0.157. The molecule has 1 aromatic heterocycles. The number of aromatic amines is 1. The Balaban J connectivity index is 1.70. The highest BCUT2D eigenvalue weighted by atomic mass is 16.5. The molecule has 6 nitrogen and oxygen atoms in total. The standard InChI is InChI=1S/C18H23N3O3/c1-14-3-2-4-15(7-14)9-18(12-22)11-21(5-6-24-18)17(23)8-16-10-19-13-20-16/h2-4,7,10,13,22H,5-6,8-9,11-12H2,1H3,(H,19,20)/t18-/m0/s1. The quantitative estimate of drug-likeness (QED) is 0.861. The molecular formula is C18H23N3O3. The van der Waals surface area contributed by atoms with Crippen molar-refractivity contribution in [3.05, 3.63) is 53.6 Å². The fourth-order valence-corrected chi connectivity index (χ4v) is 3.17. The van der Waals surface area contributed by atoms with E-state index in [1.165, 1.54) is 5.56 Å². The Morgan fingerprint density at radius 1 is 1.50 bits per heavy atom. The number of ether oxygens (including phenoxy) is 1. The van der Waals surface area contributed by atoms with Crippen LogP contribution >= 0.6 is 0 Å². The first-order valence-electron chi connectivity index (χ1n) is 8.16. The maximum Gasteiger partial charge on any atom is 0.228 e. The van der Waals surface area contributed by atoms with Crippen LogP contribution in [0.15, 0.2) is 36.8 Å². The number of nitrogens with one attached hydrogen (secondary N) is 1. The summed E-state index contributed by atoms with van der Waals surface area (Å²) in [7, 11) is 0. The van der Waals surface area contributed by atoms with Gasteiger partial charge in [0.2, 0.25) is 5.91 Å². The van der Waals surface area contributed by atoms with E-state index in [0.717, 1.165) is 11.3 Å². The number of H-pyrrole nitrogens is 1. The molecule has 1 fully saturated rings. The fraction of sp³-hybridized carbons (Fsp3) is 0.444. The number of carbonyl (C=O) groups is 1. The Hall–Kier alpha value is -2.18. The van der Waals surface area contributed by atoms with Gasteiger partial charge in [0.25, 0.3) is 0 Å². The number of nitrogens with zero attached hydrogens (tertiary/aromatic N) is 2. The number of aliphatic hydroxyl groups is 1. The zero-order valence-electron chi connectivity index (χ0n) is 13.9. The molecule has 128 valence electrons. The second kappa shape index (κ2) is 7.15. The maximum absolute atomic E-state index is 12.5. The number of aromatic nitrogens is 2. The van der Waals surface area contributed by atoms with Crippen LogP contribution in [0.1, 0.15) is 16.8 Å². The van der Waals surface area contributed by atoms with Crippen LogP contribution in [0, 0.1) is 6.92 Å². The number of benzene rings is 1. The van der Waals surface area contributed by atoms with Crippen molar-refractivity contribution in [2.45, 2.75) is 25.4 Å². The van der Waals surface area contributed by atoms with Crippen molar-refractivity contribution < 1.29 is 14.6 Å². The van der Waals surface area contributed by atoms with Gasteiger partial charge in [-0.1, -0.05) is 29.8 Å². The lowest BCUT2D eigenvalue weighted by atomic mass is 9.92. The summed E-state index contributed by atoms with van der Waals surface area (Å²) in [5, 5.41) is 9.95. The zero-order valence-corrected chi connectivity index (χ0v) is 13.9. The molecule has 2 N–H and O–H groups in total. The summed E-state index contributed by atoms with van der Waals surface area (Å²) in [4.78, 5) is 21.2. The van der Waals surface area contributed by atoms with Crippen molar-refractivity contribution in [3.63, 3.8) is 0 Å². The molecule has 0 saturated carbocycles. The van der Waals surface area contributed by atoms with Gasteiger partial charge in [-0.15, -0.1) is 0 Å². The van der Waals surface area contributed by atoms with Crippen molar-refractivity contribution in [1.29, 1.82) is 0 Å². The van der Waals surface area contributed by atoms with Crippen molar-refractivity contribution in [2.75, 3.05) is 26.3 Å². The number of imidazole rings is 1. The van der Waals surface area contributed by atoms with Crippen molar-refractivity contribution in [2.24, 2.45) is 0 Å². The highest BCUT2D eigenvalue weighted by Crippen LogP contribution is 2.24. The molecule has 0 radical (unpaired) electrons. The number of aryl methyl sites for hydroxylation is 1.